The van der Waals surface area contributed by atoms with Gasteiger partial charge in [-0.3, -0.25) is 0 Å². The van der Waals surface area contributed by atoms with Gasteiger partial charge in [-0.2, -0.15) is 0 Å². The topological polar surface area (TPSA) is 24.9 Å². The summed E-state index contributed by atoms with van der Waals surface area (Å²) in [4.78, 5) is 10.1. The minimum atomic E-state index is 0.752. The number of hydrazine groups is 1. The molecular formula is C6H8N2O2. The highest BCUT2D eigenvalue weighted by atomic mass is 16.8. The average molecular weight is 140 g/mol. The third-order valence-electron chi connectivity index (χ3n) is 1.33. The number of hydrogen-bond acceptors (Lipinski definition) is 4. The molecule has 0 bridgehead atoms. The predicted octanol–water partition coefficient (Wildman–Crippen LogP) is 0.423. The van der Waals surface area contributed by atoms with Crippen molar-refractivity contribution in [3.05, 3.63) is 24.7 Å². The number of nitrogens with zero attached hydrogens (tertiary/aromatic N) is 2. The van der Waals surface area contributed by atoms with Crippen molar-refractivity contribution < 1.29 is 9.68 Å². The molecule has 2 rings (SSSR count). The fourth-order valence-electron chi connectivity index (χ4n) is 0.866. The van der Waals surface area contributed by atoms with E-state index >= 15 is 0 Å². The fraction of sp³-hybridized carbons (Fsp3) is 0.333. The second-order valence-corrected chi connectivity index (χ2v) is 2.02. The van der Waals surface area contributed by atoms with Gasteiger partial charge in [0.2, 0.25) is 0 Å². The van der Waals surface area contributed by atoms with Crippen LogP contribution >= 0.6 is 0 Å². The van der Waals surface area contributed by atoms with Gasteiger partial charge >= 0.3 is 0 Å². The van der Waals surface area contributed by atoms with Gasteiger partial charge in [0.1, 0.15) is 12.5 Å². The molecule has 4 nitrogen and oxygen atoms in total. The molecule has 2 aliphatic rings. The molecule has 2 heterocycles. The van der Waals surface area contributed by atoms with Crippen LogP contribution in [0.4, 0.5) is 0 Å². The molecule has 2 aliphatic heterocycles. The summed E-state index contributed by atoms with van der Waals surface area (Å²) >= 11 is 0. The zero-order chi connectivity index (χ0) is 6.81. The Bertz CT molecular complexity index is 143. The number of hydroxylamine groups is 2. The second-order valence-electron chi connectivity index (χ2n) is 2.02. The highest BCUT2D eigenvalue weighted by Crippen LogP contribution is 2.10. The third-order valence-corrected chi connectivity index (χ3v) is 1.33. The monoisotopic (exact) mass is 140 g/mol. The summed E-state index contributed by atoms with van der Waals surface area (Å²) < 4.78 is 0. The third kappa shape index (κ3) is 0.872. The summed E-state index contributed by atoms with van der Waals surface area (Å²) in [6.45, 7) is 1.50. The SMILES string of the molecule is C1=CON(N2CC=CO2)C1. The summed E-state index contributed by atoms with van der Waals surface area (Å²) in [5, 5.41) is 3.28. The van der Waals surface area contributed by atoms with Crippen molar-refractivity contribution in [2.75, 3.05) is 13.1 Å². The van der Waals surface area contributed by atoms with Crippen LogP contribution in [0.5, 0.6) is 0 Å². The quantitative estimate of drug-likeness (QED) is 0.527. The number of hydrogen-bond donors (Lipinski definition) is 0. The Kier molecular flexibility index (Phi) is 1.34. The van der Waals surface area contributed by atoms with E-state index in [0.717, 1.165) is 13.1 Å². The van der Waals surface area contributed by atoms with E-state index in [4.69, 9.17) is 9.68 Å². The van der Waals surface area contributed by atoms with E-state index in [9.17, 15) is 0 Å². The maximum absolute atomic E-state index is 5.05. The van der Waals surface area contributed by atoms with Gasteiger partial charge < -0.3 is 9.68 Å². The maximum Gasteiger partial charge on any atom is 0.111 e. The first kappa shape index (κ1) is 5.76. The van der Waals surface area contributed by atoms with Crippen molar-refractivity contribution in [2.24, 2.45) is 0 Å². The van der Waals surface area contributed by atoms with Gasteiger partial charge in [0, 0.05) is 0 Å². The van der Waals surface area contributed by atoms with Crippen LogP contribution in [0.2, 0.25) is 0 Å². The average Bonchev–Trinajstić information content (AvgIpc) is 2.59. The summed E-state index contributed by atoms with van der Waals surface area (Å²) in [7, 11) is 0. The van der Waals surface area contributed by atoms with E-state index < -0.39 is 0 Å². The molecule has 0 aromatic heterocycles. The molecule has 0 aliphatic carbocycles. The Hall–Kier alpha value is -1.00. The first-order valence-electron chi connectivity index (χ1n) is 3.15. The molecule has 4 heteroatoms. The van der Waals surface area contributed by atoms with E-state index in [1.54, 1.807) is 22.9 Å². The predicted molar refractivity (Wildman–Crippen MR) is 33.9 cm³/mol. The zero-order valence-electron chi connectivity index (χ0n) is 5.43. The Morgan fingerprint density at radius 2 is 1.40 bits per heavy atom. The first-order valence-corrected chi connectivity index (χ1v) is 3.15. The molecule has 0 saturated carbocycles. The lowest BCUT2D eigenvalue weighted by molar-refractivity contribution is -0.345. The zero-order valence-corrected chi connectivity index (χ0v) is 5.43. The van der Waals surface area contributed by atoms with Gasteiger partial charge in [-0.05, 0) is 22.5 Å². The van der Waals surface area contributed by atoms with Gasteiger partial charge in [-0.15, -0.1) is 0 Å². The largest absolute Gasteiger partial charge is 0.396 e. The van der Waals surface area contributed by atoms with Crippen LogP contribution in [-0.2, 0) is 9.68 Å². The van der Waals surface area contributed by atoms with E-state index in [-0.39, 0.29) is 0 Å². The maximum atomic E-state index is 5.05. The Balaban J connectivity index is 1.89. The van der Waals surface area contributed by atoms with E-state index in [1.165, 1.54) is 0 Å². The van der Waals surface area contributed by atoms with Crippen molar-refractivity contribution in [1.82, 2.24) is 10.3 Å². The lowest BCUT2D eigenvalue weighted by Gasteiger charge is -2.22. The van der Waals surface area contributed by atoms with E-state index in [0.29, 0.717) is 0 Å². The minimum Gasteiger partial charge on any atom is -0.396 e. The molecule has 0 aromatic rings. The Morgan fingerprint density at radius 1 is 0.900 bits per heavy atom. The Labute approximate surface area is 58.8 Å². The number of rotatable bonds is 1. The van der Waals surface area contributed by atoms with Crippen LogP contribution in [0, 0.1) is 0 Å². The van der Waals surface area contributed by atoms with E-state index in [1.807, 2.05) is 12.2 Å². The van der Waals surface area contributed by atoms with Crippen molar-refractivity contribution >= 4 is 0 Å². The summed E-state index contributed by atoms with van der Waals surface area (Å²) in [5.74, 6) is 0. The molecule has 0 fully saturated rings. The standard InChI is InChI=1S/C6H8N2O2/c1-3-7(9-5-1)8-4-2-6-10-8/h1-2,5-6H,3-4H2. The molecule has 0 amide bonds. The fourth-order valence-corrected chi connectivity index (χ4v) is 0.866. The van der Waals surface area contributed by atoms with Gasteiger partial charge in [-0.25, -0.2) is 0 Å². The molecule has 0 spiro atoms. The van der Waals surface area contributed by atoms with Crippen molar-refractivity contribution in [3.63, 3.8) is 0 Å². The lowest BCUT2D eigenvalue weighted by Crippen LogP contribution is -2.36. The van der Waals surface area contributed by atoms with Crippen molar-refractivity contribution in [1.29, 1.82) is 0 Å². The van der Waals surface area contributed by atoms with Gasteiger partial charge in [0.25, 0.3) is 0 Å². The van der Waals surface area contributed by atoms with E-state index in [2.05, 4.69) is 0 Å². The molecule has 0 aromatic carbocycles. The van der Waals surface area contributed by atoms with Crippen LogP contribution in [0.25, 0.3) is 0 Å². The minimum absolute atomic E-state index is 0.752. The second kappa shape index (κ2) is 2.32. The van der Waals surface area contributed by atoms with Gasteiger partial charge in [-0.1, -0.05) is 0 Å². The molecule has 10 heavy (non-hydrogen) atoms. The molecule has 0 N–H and O–H groups in total. The van der Waals surface area contributed by atoms with Crippen LogP contribution in [0.1, 0.15) is 0 Å². The summed E-state index contributed by atoms with van der Waals surface area (Å²) in [6.07, 6.45) is 7.12. The molecule has 0 radical (unpaired) electrons. The highest BCUT2D eigenvalue weighted by molar-refractivity contribution is 4.84. The van der Waals surface area contributed by atoms with Crippen molar-refractivity contribution in [2.45, 2.75) is 0 Å². The highest BCUT2D eigenvalue weighted by Gasteiger charge is 2.19. The lowest BCUT2D eigenvalue weighted by atomic mass is 10.6. The smallest absolute Gasteiger partial charge is 0.111 e. The van der Waals surface area contributed by atoms with Crippen LogP contribution in [-0.4, -0.2) is 23.4 Å². The summed E-state index contributed by atoms with van der Waals surface area (Å²) in [5.41, 5.74) is 0. The van der Waals surface area contributed by atoms with Crippen LogP contribution < -0.4 is 0 Å². The van der Waals surface area contributed by atoms with Gasteiger partial charge in [0.05, 0.1) is 13.1 Å². The van der Waals surface area contributed by atoms with Gasteiger partial charge in [0.15, 0.2) is 0 Å². The van der Waals surface area contributed by atoms with Crippen LogP contribution in [0.15, 0.2) is 24.7 Å². The normalized spacial score (nSPS) is 25.2. The molecule has 54 valence electrons. The molecule has 0 atom stereocenters. The van der Waals surface area contributed by atoms with Crippen LogP contribution in [0.3, 0.4) is 0 Å². The van der Waals surface area contributed by atoms with Crippen molar-refractivity contribution in [3.8, 4) is 0 Å². The molecular weight excluding hydrogens is 132 g/mol. The molecule has 0 saturated heterocycles. The Morgan fingerprint density at radius 3 is 1.70 bits per heavy atom. The first-order chi connectivity index (χ1) is 4.97. The molecule has 0 unspecified atom stereocenters. The summed E-state index contributed by atoms with van der Waals surface area (Å²) in [6, 6.07) is 0.